The summed E-state index contributed by atoms with van der Waals surface area (Å²) in [7, 11) is 0. The van der Waals surface area contributed by atoms with Crippen molar-refractivity contribution in [3.63, 3.8) is 0 Å². The lowest BCUT2D eigenvalue weighted by Gasteiger charge is -2.34. The van der Waals surface area contributed by atoms with Gasteiger partial charge in [-0.2, -0.15) is 10.1 Å². The van der Waals surface area contributed by atoms with E-state index in [4.69, 9.17) is 0 Å². The van der Waals surface area contributed by atoms with Crippen molar-refractivity contribution in [2.75, 3.05) is 5.32 Å². The molecule has 1 aliphatic heterocycles. The van der Waals surface area contributed by atoms with E-state index >= 15 is 0 Å². The molecule has 0 radical (unpaired) electrons. The number of allylic oxidation sites excluding steroid dienone is 2. The zero-order valence-electron chi connectivity index (χ0n) is 15.1. The number of nitrogens with zero attached hydrogens (tertiary/aromatic N) is 3. The van der Waals surface area contributed by atoms with Crippen LogP contribution >= 0.6 is 0 Å². The maximum Gasteiger partial charge on any atom is 0.226 e. The number of benzene rings is 2. The summed E-state index contributed by atoms with van der Waals surface area (Å²) in [6.45, 7) is 0. The smallest absolute Gasteiger partial charge is 0.226 e. The van der Waals surface area contributed by atoms with Crippen LogP contribution in [0.4, 0.5) is 14.7 Å². The maximum absolute atomic E-state index is 13.5. The molecular weight excluding hydrogens is 358 g/mol. The average Bonchev–Trinajstić information content (AvgIpc) is 3.17. The number of nitrogens with one attached hydrogen (secondary N) is 1. The fraction of sp³-hybridized carbons (Fsp3) is 0.182. The third kappa shape index (κ3) is 2.91. The molecule has 5 rings (SSSR count). The van der Waals surface area contributed by atoms with Gasteiger partial charge in [0.25, 0.3) is 0 Å². The van der Waals surface area contributed by atoms with Crippen molar-refractivity contribution in [3.05, 3.63) is 94.5 Å². The molecule has 1 atom stereocenters. The molecule has 0 saturated heterocycles. The van der Waals surface area contributed by atoms with Gasteiger partial charge in [0, 0.05) is 5.70 Å². The molecule has 28 heavy (non-hydrogen) atoms. The third-order valence-electron chi connectivity index (χ3n) is 5.32. The third-order valence-corrected chi connectivity index (χ3v) is 5.32. The van der Waals surface area contributed by atoms with Crippen LogP contribution in [0.1, 0.15) is 36.4 Å². The molecule has 1 aliphatic carbocycles. The van der Waals surface area contributed by atoms with Crippen LogP contribution in [0.15, 0.2) is 71.7 Å². The second-order valence-corrected chi connectivity index (χ2v) is 7.08. The van der Waals surface area contributed by atoms with Gasteiger partial charge in [-0.15, -0.1) is 0 Å². The first-order chi connectivity index (χ1) is 13.7. The molecule has 2 aromatic carbocycles. The molecule has 2 aliphatic rings. The minimum absolute atomic E-state index is 0.119. The second-order valence-electron chi connectivity index (χ2n) is 7.08. The highest BCUT2D eigenvalue weighted by molar-refractivity contribution is 5.65. The normalized spacial score (nSPS) is 19.9. The van der Waals surface area contributed by atoms with Crippen molar-refractivity contribution in [1.29, 1.82) is 0 Å². The highest BCUT2D eigenvalue weighted by atomic mass is 19.1. The molecule has 0 fully saturated rings. The van der Waals surface area contributed by atoms with E-state index in [1.54, 1.807) is 24.3 Å². The van der Waals surface area contributed by atoms with E-state index in [9.17, 15) is 8.78 Å². The van der Waals surface area contributed by atoms with Gasteiger partial charge in [-0.05, 0) is 71.9 Å². The Balaban J connectivity index is 1.63. The maximum atomic E-state index is 13.5. The molecule has 0 bridgehead atoms. The minimum Gasteiger partial charge on any atom is -0.324 e. The standard InChI is InChI=1S/C22H18F2N4/c23-17-8-4-14(5-9-17)12-16-2-1-3-19-20(16)27-22-25-13-26-28(22)21(19)15-6-10-18(24)11-7-15/h4-13,21H,1-3H2,(H,25,26,27). The van der Waals surface area contributed by atoms with Crippen LogP contribution in [-0.2, 0) is 0 Å². The number of aromatic nitrogens is 3. The van der Waals surface area contributed by atoms with Gasteiger partial charge in [-0.1, -0.05) is 24.3 Å². The van der Waals surface area contributed by atoms with Crippen LogP contribution in [0.3, 0.4) is 0 Å². The number of hydrogen-bond donors (Lipinski definition) is 1. The van der Waals surface area contributed by atoms with Gasteiger partial charge in [0.15, 0.2) is 0 Å². The summed E-state index contributed by atoms with van der Waals surface area (Å²) < 4.78 is 28.6. The van der Waals surface area contributed by atoms with Gasteiger partial charge in [0.05, 0.1) is 0 Å². The summed E-state index contributed by atoms with van der Waals surface area (Å²) in [5.74, 6) is 0.164. The Morgan fingerprint density at radius 1 is 0.964 bits per heavy atom. The lowest BCUT2D eigenvalue weighted by Crippen LogP contribution is -2.28. The van der Waals surface area contributed by atoms with Crippen LogP contribution in [-0.4, -0.2) is 14.8 Å². The molecule has 3 aromatic rings. The number of halogens is 2. The summed E-state index contributed by atoms with van der Waals surface area (Å²) in [6, 6.07) is 12.9. The van der Waals surface area contributed by atoms with E-state index in [2.05, 4.69) is 21.5 Å². The zero-order valence-corrected chi connectivity index (χ0v) is 15.1. The molecule has 0 spiro atoms. The Bertz CT molecular complexity index is 1080. The van der Waals surface area contributed by atoms with Gasteiger partial charge >= 0.3 is 0 Å². The predicted molar refractivity (Wildman–Crippen MR) is 103 cm³/mol. The molecule has 2 heterocycles. The Labute approximate surface area is 161 Å². The Hall–Kier alpha value is -3.28. The summed E-state index contributed by atoms with van der Waals surface area (Å²) in [4.78, 5) is 4.35. The summed E-state index contributed by atoms with van der Waals surface area (Å²) in [5.41, 5.74) is 5.35. The Morgan fingerprint density at radius 3 is 2.43 bits per heavy atom. The van der Waals surface area contributed by atoms with Crippen molar-refractivity contribution in [3.8, 4) is 0 Å². The molecule has 0 amide bonds. The number of fused-ring (bicyclic) bond motifs is 1. The fourth-order valence-corrected chi connectivity index (χ4v) is 4.04. The second kappa shape index (κ2) is 6.71. The van der Waals surface area contributed by atoms with Crippen LogP contribution in [0, 0.1) is 11.6 Å². The van der Waals surface area contributed by atoms with E-state index in [1.165, 1.54) is 36.2 Å². The number of hydrogen-bond acceptors (Lipinski definition) is 3. The quantitative estimate of drug-likeness (QED) is 0.677. The topological polar surface area (TPSA) is 42.7 Å². The van der Waals surface area contributed by atoms with E-state index < -0.39 is 0 Å². The summed E-state index contributed by atoms with van der Waals surface area (Å²) >= 11 is 0. The van der Waals surface area contributed by atoms with Gasteiger partial charge in [-0.25, -0.2) is 13.5 Å². The Kier molecular flexibility index (Phi) is 4.04. The number of rotatable bonds is 2. The van der Waals surface area contributed by atoms with Gasteiger partial charge < -0.3 is 5.32 Å². The molecule has 4 nitrogen and oxygen atoms in total. The van der Waals surface area contributed by atoms with Crippen LogP contribution in [0.25, 0.3) is 6.08 Å². The first kappa shape index (κ1) is 16.9. The summed E-state index contributed by atoms with van der Waals surface area (Å²) in [6.07, 6.45) is 6.47. The highest BCUT2D eigenvalue weighted by Gasteiger charge is 2.33. The first-order valence-electron chi connectivity index (χ1n) is 9.30. The van der Waals surface area contributed by atoms with Gasteiger partial charge in [0.1, 0.15) is 24.0 Å². The van der Waals surface area contributed by atoms with Gasteiger partial charge in [0.2, 0.25) is 5.95 Å². The summed E-state index contributed by atoms with van der Waals surface area (Å²) in [5, 5.41) is 7.83. The zero-order chi connectivity index (χ0) is 19.1. The SMILES string of the molecule is Fc1ccc(C=C2CCCC3=C2Nc2ncnn2C3c2ccc(F)cc2)cc1. The van der Waals surface area contributed by atoms with E-state index in [0.29, 0.717) is 5.95 Å². The van der Waals surface area contributed by atoms with Gasteiger partial charge in [-0.3, -0.25) is 0 Å². The predicted octanol–water partition coefficient (Wildman–Crippen LogP) is 5.09. The van der Waals surface area contributed by atoms with E-state index in [0.717, 1.165) is 41.7 Å². The number of anilines is 1. The van der Waals surface area contributed by atoms with Crippen molar-refractivity contribution in [2.45, 2.75) is 25.3 Å². The molecule has 1 aromatic heterocycles. The van der Waals surface area contributed by atoms with E-state index in [1.807, 2.05) is 4.68 Å². The van der Waals surface area contributed by atoms with Crippen LogP contribution in [0.2, 0.25) is 0 Å². The molecule has 140 valence electrons. The molecule has 1 unspecified atom stereocenters. The lowest BCUT2D eigenvalue weighted by molar-refractivity contribution is 0.536. The van der Waals surface area contributed by atoms with Crippen LogP contribution < -0.4 is 5.32 Å². The Morgan fingerprint density at radius 2 is 1.68 bits per heavy atom. The fourth-order valence-electron chi connectivity index (χ4n) is 4.04. The average molecular weight is 376 g/mol. The van der Waals surface area contributed by atoms with Crippen LogP contribution in [0.5, 0.6) is 0 Å². The molecule has 6 heteroatoms. The minimum atomic E-state index is -0.258. The largest absolute Gasteiger partial charge is 0.324 e. The molecule has 1 N–H and O–H groups in total. The molecular formula is C22H18F2N4. The molecule has 0 saturated carbocycles. The highest BCUT2D eigenvalue weighted by Crippen LogP contribution is 2.43. The first-order valence-corrected chi connectivity index (χ1v) is 9.30. The lowest BCUT2D eigenvalue weighted by atomic mass is 9.83. The monoisotopic (exact) mass is 376 g/mol. The van der Waals surface area contributed by atoms with Crippen molar-refractivity contribution >= 4 is 12.0 Å². The van der Waals surface area contributed by atoms with Crippen molar-refractivity contribution in [2.24, 2.45) is 0 Å². The van der Waals surface area contributed by atoms with E-state index in [-0.39, 0.29) is 17.7 Å². The van der Waals surface area contributed by atoms with Crippen molar-refractivity contribution < 1.29 is 8.78 Å². The van der Waals surface area contributed by atoms with Crippen molar-refractivity contribution in [1.82, 2.24) is 14.8 Å².